The molecule has 0 aliphatic heterocycles. The number of hydrogen-bond donors (Lipinski definition) is 1. The van der Waals surface area contributed by atoms with Crippen molar-refractivity contribution in [3.05, 3.63) is 18.2 Å². The summed E-state index contributed by atoms with van der Waals surface area (Å²) in [4.78, 5) is 4.70. The molecule has 4 rings (SSSR count). The van der Waals surface area contributed by atoms with E-state index in [0.29, 0.717) is 6.04 Å². The first-order chi connectivity index (χ1) is 9.33. The van der Waals surface area contributed by atoms with Crippen LogP contribution in [-0.2, 0) is 0 Å². The van der Waals surface area contributed by atoms with Gasteiger partial charge in [0.1, 0.15) is 5.75 Å². The highest BCUT2D eigenvalue weighted by Crippen LogP contribution is 2.46. The molecule has 2 saturated carbocycles. The zero-order valence-corrected chi connectivity index (χ0v) is 11.9. The van der Waals surface area contributed by atoms with Crippen molar-refractivity contribution in [1.29, 1.82) is 0 Å². The van der Waals surface area contributed by atoms with Crippen molar-refractivity contribution < 1.29 is 4.74 Å². The van der Waals surface area contributed by atoms with Crippen LogP contribution in [0.25, 0.3) is 10.2 Å². The van der Waals surface area contributed by atoms with E-state index in [0.717, 1.165) is 28.2 Å². The van der Waals surface area contributed by atoms with Crippen molar-refractivity contribution in [3.8, 4) is 5.75 Å². The van der Waals surface area contributed by atoms with E-state index >= 15 is 0 Å². The Kier molecular flexibility index (Phi) is 2.65. The summed E-state index contributed by atoms with van der Waals surface area (Å²) in [6.45, 7) is 0. The molecule has 0 amide bonds. The van der Waals surface area contributed by atoms with Crippen molar-refractivity contribution in [2.75, 3.05) is 12.4 Å². The minimum Gasteiger partial charge on any atom is -0.497 e. The number of nitrogens with one attached hydrogen (secondary N) is 1. The number of benzene rings is 1. The molecule has 0 unspecified atom stereocenters. The summed E-state index contributed by atoms with van der Waals surface area (Å²) in [5.74, 6) is 2.70. The largest absolute Gasteiger partial charge is 0.497 e. The van der Waals surface area contributed by atoms with Gasteiger partial charge in [-0.3, -0.25) is 0 Å². The van der Waals surface area contributed by atoms with E-state index in [9.17, 15) is 0 Å². The molecule has 2 aromatic rings. The van der Waals surface area contributed by atoms with E-state index in [2.05, 4.69) is 11.4 Å². The molecular weight excluding hydrogens is 256 g/mol. The van der Waals surface area contributed by atoms with Crippen LogP contribution in [0.5, 0.6) is 5.75 Å². The maximum atomic E-state index is 5.27. The number of anilines is 1. The lowest BCUT2D eigenvalue weighted by molar-refractivity contribution is 0.415. The summed E-state index contributed by atoms with van der Waals surface area (Å²) < 4.78 is 6.47. The Hall–Kier alpha value is -1.29. The van der Waals surface area contributed by atoms with Crippen LogP contribution in [0.2, 0.25) is 0 Å². The normalized spacial score (nSPS) is 19.1. The third-order valence-electron chi connectivity index (χ3n) is 4.15. The highest BCUT2D eigenvalue weighted by Gasteiger charge is 2.41. The van der Waals surface area contributed by atoms with Gasteiger partial charge in [0.15, 0.2) is 5.13 Å². The molecule has 1 heterocycles. The van der Waals surface area contributed by atoms with Gasteiger partial charge < -0.3 is 10.1 Å². The van der Waals surface area contributed by atoms with Crippen molar-refractivity contribution >= 4 is 26.7 Å². The predicted octanol–water partition coefficient (Wildman–Crippen LogP) is 3.91. The molecule has 4 heteroatoms. The Morgan fingerprint density at radius 2 is 2.00 bits per heavy atom. The number of rotatable bonds is 5. The lowest BCUT2D eigenvalue weighted by atomic mass is 10.1. The van der Waals surface area contributed by atoms with Gasteiger partial charge in [-0.05, 0) is 55.7 Å². The fourth-order valence-corrected chi connectivity index (χ4v) is 3.71. The number of methoxy groups -OCH3 is 1. The van der Waals surface area contributed by atoms with Gasteiger partial charge in [0.2, 0.25) is 0 Å². The lowest BCUT2D eigenvalue weighted by Gasteiger charge is -2.16. The van der Waals surface area contributed by atoms with E-state index in [-0.39, 0.29) is 0 Å². The third-order valence-corrected chi connectivity index (χ3v) is 5.09. The molecule has 0 spiro atoms. The molecule has 1 N–H and O–H groups in total. The van der Waals surface area contributed by atoms with Crippen molar-refractivity contribution in [2.24, 2.45) is 11.8 Å². The molecule has 2 fully saturated rings. The van der Waals surface area contributed by atoms with Gasteiger partial charge >= 0.3 is 0 Å². The van der Waals surface area contributed by atoms with Crippen molar-refractivity contribution in [3.63, 3.8) is 0 Å². The summed E-state index contributed by atoms with van der Waals surface area (Å²) in [6, 6.07) is 6.76. The molecule has 3 nitrogen and oxygen atoms in total. The van der Waals surface area contributed by atoms with E-state index in [1.165, 1.54) is 30.4 Å². The zero-order chi connectivity index (χ0) is 12.8. The third kappa shape index (κ3) is 2.29. The lowest BCUT2D eigenvalue weighted by Crippen LogP contribution is -2.23. The summed E-state index contributed by atoms with van der Waals surface area (Å²) >= 11 is 1.74. The predicted molar refractivity (Wildman–Crippen MR) is 79.0 cm³/mol. The van der Waals surface area contributed by atoms with Gasteiger partial charge in [-0.1, -0.05) is 11.3 Å². The van der Waals surface area contributed by atoms with Gasteiger partial charge in [-0.15, -0.1) is 0 Å². The second kappa shape index (κ2) is 4.37. The Balaban J connectivity index is 1.59. The van der Waals surface area contributed by atoms with E-state index in [4.69, 9.17) is 9.72 Å². The highest BCUT2D eigenvalue weighted by molar-refractivity contribution is 7.22. The van der Waals surface area contributed by atoms with Crippen LogP contribution in [0.15, 0.2) is 18.2 Å². The fraction of sp³-hybridized carbons (Fsp3) is 0.533. The fourth-order valence-electron chi connectivity index (χ4n) is 2.77. The molecule has 2 aliphatic rings. The van der Waals surface area contributed by atoms with Crippen LogP contribution in [0.3, 0.4) is 0 Å². The highest BCUT2D eigenvalue weighted by atomic mass is 32.1. The Morgan fingerprint density at radius 1 is 1.26 bits per heavy atom. The van der Waals surface area contributed by atoms with Gasteiger partial charge in [0.25, 0.3) is 0 Å². The number of ether oxygens (including phenoxy) is 1. The number of fused-ring (bicyclic) bond motifs is 1. The van der Waals surface area contributed by atoms with E-state index < -0.39 is 0 Å². The number of hydrogen-bond acceptors (Lipinski definition) is 4. The SMILES string of the molecule is COc1ccc2nc(NC(C3CC3)C3CC3)sc2c1. The minimum absolute atomic E-state index is 0.669. The van der Waals surface area contributed by atoms with Gasteiger partial charge in [0.05, 0.1) is 17.3 Å². The van der Waals surface area contributed by atoms with Crippen LogP contribution < -0.4 is 10.1 Å². The van der Waals surface area contributed by atoms with Crippen LogP contribution >= 0.6 is 11.3 Å². The van der Waals surface area contributed by atoms with Gasteiger partial charge in [0, 0.05) is 6.04 Å². The number of aromatic nitrogens is 1. The minimum atomic E-state index is 0.669. The number of nitrogens with zero attached hydrogens (tertiary/aromatic N) is 1. The van der Waals surface area contributed by atoms with E-state index in [1.54, 1.807) is 18.4 Å². The topological polar surface area (TPSA) is 34.1 Å². The second-order valence-corrected chi connectivity index (χ2v) is 6.73. The first kappa shape index (κ1) is 11.5. The Labute approximate surface area is 117 Å². The smallest absolute Gasteiger partial charge is 0.184 e. The standard InChI is InChI=1S/C15H18N2OS/c1-18-11-6-7-12-13(8-11)19-15(16-12)17-14(9-2-3-9)10-4-5-10/h6-10,14H,2-5H2,1H3,(H,16,17). The van der Waals surface area contributed by atoms with Crippen molar-refractivity contribution in [1.82, 2.24) is 4.98 Å². The summed E-state index contributed by atoms with van der Waals surface area (Å²) in [6.07, 6.45) is 5.58. The first-order valence-corrected chi connectivity index (χ1v) is 7.86. The molecule has 19 heavy (non-hydrogen) atoms. The molecular formula is C15H18N2OS. The first-order valence-electron chi connectivity index (χ1n) is 7.04. The molecule has 2 aliphatic carbocycles. The summed E-state index contributed by atoms with van der Waals surface area (Å²) in [7, 11) is 1.71. The van der Waals surface area contributed by atoms with Gasteiger partial charge in [-0.2, -0.15) is 0 Å². The Morgan fingerprint density at radius 3 is 2.63 bits per heavy atom. The summed E-state index contributed by atoms with van der Waals surface area (Å²) in [5, 5.41) is 4.77. The molecule has 1 aromatic carbocycles. The van der Waals surface area contributed by atoms with Crippen LogP contribution in [0.1, 0.15) is 25.7 Å². The quantitative estimate of drug-likeness (QED) is 0.897. The molecule has 100 valence electrons. The monoisotopic (exact) mass is 274 g/mol. The second-order valence-electron chi connectivity index (χ2n) is 5.70. The van der Waals surface area contributed by atoms with E-state index in [1.807, 2.05) is 12.1 Å². The summed E-state index contributed by atoms with van der Waals surface area (Å²) in [5.41, 5.74) is 1.07. The van der Waals surface area contributed by atoms with Crippen LogP contribution in [-0.4, -0.2) is 18.1 Å². The molecule has 0 radical (unpaired) electrons. The molecule has 0 atom stereocenters. The Bertz CT molecular complexity index is 589. The zero-order valence-electron chi connectivity index (χ0n) is 11.1. The van der Waals surface area contributed by atoms with Crippen LogP contribution in [0, 0.1) is 11.8 Å². The molecule has 0 bridgehead atoms. The maximum absolute atomic E-state index is 5.27. The maximum Gasteiger partial charge on any atom is 0.184 e. The number of thiazole rings is 1. The van der Waals surface area contributed by atoms with Gasteiger partial charge in [-0.25, -0.2) is 4.98 Å². The van der Waals surface area contributed by atoms with Crippen LogP contribution in [0.4, 0.5) is 5.13 Å². The van der Waals surface area contributed by atoms with Crippen molar-refractivity contribution in [2.45, 2.75) is 31.7 Å². The molecule has 1 aromatic heterocycles. The molecule has 0 saturated heterocycles. The average Bonchev–Trinajstić information content (AvgIpc) is 3.32. The average molecular weight is 274 g/mol.